The Kier molecular flexibility index (Phi) is 8.64. The van der Waals surface area contributed by atoms with Crippen LogP contribution < -0.4 is 14.2 Å². The summed E-state index contributed by atoms with van der Waals surface area (Å²) in [5, 5.41) is 9.89. The highest BCUT2D eigenvalue weighted by molar-refractivity contribution is 7.93. The quantitative estimate of drug-likeness (QED) is 0.152. The van der Waals surface area contributed by atoms with Crippen molar-refractivity contribution >= 4 is 39.5 Å². The van der Waals surface area contributed by atoms with E-state index in [9.17, 15) is 26.9 Å². The van der Waals surface area contributed by atoms with E-state index in [-0.39, 0.29) is 27.1 Å². The molecule has 0 aliphatic carbocycles. The van der Waals surface area contributed by atoms with Gasteiger partial charge in [-0.05, 0) is 71.3 Å². The van der Waals surface area contributed by atoms with Gasteiger partial charge in [0.1, 0.15) is 23.9 Å². The molecule has 0 radical (unpaired) electrons. The lowest BCUT2D eigenvalue weighted by Crippen LogP contribution is -2.13. The number of rotatable bonds is 9. The van der Waals surface area contributed by atoms with Gasteiger partial charge in [-0.2, -0.15) is 22.8 Å². The number of benzene rings is 3. The lowest BCUT2D eigenvalue weighted by molar-refractivity contribution is -0.137. The number of hydrogen-bond acceptors (Lipinski definition) is 10. The summed E-state index contributed by atoms with van der Waals surface area (Å²) in [7, 11) is -4.07. The van der Waals surface area contributed by atoms with Gasteiger partial charge in [-0.3, -0.25) is 14.4 Å². The Labute approximate surface area is 253 Å². The monoisotopic (exact) mass is 640 g/mol. The molecule has 0 fully saturated rings. The highest BCUT2D eigenvalue weighted by Crippen LogP contribution is 2.39. The molecule has 2 aromatic heterocycles. The van der Waals surface area contributed by atoms with E-state index in [1.165, 1.54) is 24.5 Å². The van der Waals surface area contributed by atoms with Crippen LogP contribution in [0.15, 0.2) is 90.2 Å². The van der Waals surface area contributed by atoms with Crippen LogP contribution in [0.4, 0.5) is 18.3 Å². The van der Waals surface area contributed by atoms with E-state index in [2.05, 4.69) is 36.6 Å². The Bertz CT molecular complexity index is 1930. The first kappa shape index (κ1) is 30.0. The summed E-state index contributed by atoms with van der Waals surface area (Å²) in [5.41, 5.74) is 1.74. The van der Waals surface area contributed by atoms with Crippen molar-refractivity contribution in [3.05, 3.63) is 102 Å². The zero-order valence-electron chi connectivity index (χ0n) is 21.7. The Balaban J connectivity index is 1.56. The van der Waals surface area contributed by atoms with Crippen LogP contribution in [0.1, 0.15) is 16.8 Å². The molecule has 2 N–H and O–H groups in total. The first-order valence-electron chi connectivity index (χ1n) is 12.2. The molecular weight excluding hydrogens is 622 g/mol. The van der Waals surface area contributed by atoms with Crippen LogP contribution in [0.25, 0.3) is 22.3 Å². The smallest absolute Gasteiger partial charge is 0.416 e. The maximum atomic E-state index is 13.4. The van der Waals surface area contributed by atoms with Crippen LogP contribution in [0, 0.1) is 11.3 Å². The molecule has 0 unspecified atom stereocenters. The number of thiol groups is 1. The Morgan fingerprint density at radius 2 is 1.74 bits per heavy atom. The van der Waals surface area contributed by atoms with E-state index < -0.39 is 21.8 Å². The number of aromatic nitrogens is 3. The Hall–Kier alpha value is -4.49. The van der Waals surface area contributed by atoms with Crippen molar-refractivity contribution in [3.8, 4) is 39.8 Å². The van der Waals surface area contributed by atoms with Crippen LogP contribution in [0.3, 0.4) is 0 Å². The molecule has 2 heterocycles. The second-order valence-electron chi connectivity index (χ2n) is 8.88. The molecule has 0 saturated heterocycles. The number of halogens is 3. The van der Waals surface area contributed by atoms with Crippen molar-refractivity contribution < 1.29 is 26.3 Å². The third-order valence-corrected chi connectivity index (χ3v) is 8.28. The zero-order valence-corrected chi connectivity index (χ0v) is 24.2. The molecule has 0 aliphatic rings. The predicted octanol–water partition coefficient (Wildman–Crippen LogP) is 6.69. The van der Waals surface area contributed by atoms with E-state index in [0.717, 1.165) is 29.7 Å². The number of nitrogens with one attached hydrogen (secondary N) is 2. The molecule has 15 heteroatoms. The second-order valence-corrected chi connectivity index (χ2v) is 11.7. The molecular formula is C28H19F3N6O3S3. The number of sulfonamides is 1. The minimum atomic E-state index is -4.51. The molecule has 0 aliphatic heterocycles. The number of anilines is 1. The van der Waals surface area contributed by atoms with Crippen molar-refractivity contribution in [1.29, 1.82) is 5.26 Å². The number of nitriles is 1. The van der Waals surface area contributed by atoms with Crippen LogP contribution in [-0.2, 0) is 22.7 Å². The molecule has 9 nitrogen and oxygen atoms in total. The fourth-order valence-electron chi connectivity index (χ4n) is 4.09. The van der Waals surface area contributed by atoms with Gasteiger partial charge >= 0.3 is 6.18 Å². The molecule has 0 atom stereocenters. The van der Waals surface area contributed by atoms with Crippen LogP contribution in [0.5, 0.6) is 11.5 Å². The van der Waals surface area contributed by atoms with E-state index in [4.69, 9.17) is 4.74 Å². The summed E-state index contributed by atoms with van der Waals surface area (Å²) in [6.07, 6.45) is -1.74. The second kappa shape index (κ2) is 12.4. The zero-order chi connectivity index (χ0) is 30.6. The first-order chi connectivity index (χ1) is 20.6. The largest absolute Gasteiger partial charge is 0.455 e. The standard InChI is InChI=1S/C28H19F3N6O3S3/c29-28(30,31)21-3-1-2-17(10-21)18-4-6-26(24(13-18)19-8-9-33-22(11-19)15-35-41)40-25-7-5-23(12-20(25)14-32)43(38,39)37-27-34-16-36-42-27/h1-13,16,35,41H,15H2,(H,34,36,37). The highest BCUT2D eigenvalue weighted by Gasteiger charge is 2.30. The van der Waals surface area contributed by atoms with Crippen LogP contribution >= 0.6 is 24.3 Å². The molecule has 0 saturated carbocycles. The fourth-order valence-corrected chi connectivity index (χ4v) is 5.93. The summed E-state index contributed by atoms with van der Waals surface area (Å²) in [5.74, 6) is 0.336. The number of alkyl halides is 3. The number of hydrogen-bond donors (Lipinski definition) is 3. The van der Waals surface area contributed by atoms with Crippen molar-refractivity contribution in [2.24, 2.45) is 0 Å². The number of pyridine rings is 1. The molecule has 0 amide bonds. The van der Waals surface area contributed by atoms with Crippen molar-refractivity contribution in [1.82, 2.24) is 19.1 Å². The third kappa shape index (κ3) is 6.95. The van der Waals surface area contributed by atoms with Gasteiger partial charge in [-0.25, -0.2) is 13.4 Å². The van der Waals surface area contributed by atoms with Gasteiger partial charge in [-0.15, -0.1) is 0 Å². The topological polar surface area (TPSA) is 130 Å². The normalized spacial score (nSPS) is 11.6. The highest BCUT2D eigenvalue weighted by atomic mass is 32.2. The predicted molar refractivity (Wildman–Crippen MR) is 158 cm³/mol. The maximum Gasteiger partial charge on any atom is 0.416 e. The lowest BCUT2D eigenvalue weighted by Gasteiger charge is -2.16. The molecule has 0 spiro atoms. The molecule has 218 valence electrons. The minimum absolute atomic E-state index is 0.0640. The molecule has 5 rings (SSSR count). The van der Waals surface area contributed by atoms with Gasteiger partial charge in [0.25, 0.3) is 10.0 Å². The van der Waals surface area contributed by atoms with E-state index in [1.807, 2.05) is 6.07 Å². The Morgan fingerprint density at radius 3 is 2.47 bits per heavy atom. The number of ether oxygens (including phenoxy) is 1. The lowest BCUT2D eigenvalue weighted by atomic mass is 9.97. The van der Waals surface area contributed by atoms with Crippen molar-refractivity contribution in [2.45, 2.75) is 17.6 Å². The number of nitrogens with zero attached hydrogens (tertiary/aromatic N) is 4. The minimum Gasteiger partial charge on any atom is -0.455 e. The molecule has 5 aromatic rings. The fraction of sp³-hybridized carbons (Fsp3) is 0.0714. The summed E-state index contributed by atoms with van der Waals surface area (Å²) >= 11 is 4.88. The van der Waals surface area contributed by atoms with Gasteiger partial charge < -0.3 is 4.74 Å². The average molecular weight is 641 g/mol. The van der Waals surface area contributed by atoms with Crippen LogP contribution in [0.2, 0.25) is 0 Å². The van der Waals surface area contributed by atoms with Gasteiger partial charge in [0, 0.05) is 29.8 Å². The maximum absolute atomic E-state index is 13.4. The van der Waals surface area contributed by atoms with E-state index >= 15 is 0 Å². The van der Waals surface area contributed by atoms with Crippen molar-refractivity contribution in [3.63, 3.8) is 0 Å². The summed E-state index contributed by atoms with van der Waals surface area (Å²) in [4.78, 5) is 7.90. The van der Waals surface area contributed by atoms with Gasteiger partial charge in [0.05, 0.1) is 21.7 Å². The Morgan fingerprint density at radius 1 is 0.953 bits per heavy atom. The van der Waals surface area contributed by atoms with E-state index in [1.54, 1.807) is 42.6 Å². The molecule has 3 aromatic carbocycles. The van der Waals surface area contributed by atoms with E-state index in [0.29, 0.717) is 34.5 Å². The van der Waals surface area contributed by atoms with Gasteiger partial charge in [0.2, 0.25) is 5.13 Å². The van der Waals surface area contributed by atoms with Gasteiger partial charge in [-0.1, -0.05) is 31.0 Å². The van der Waals surface area contributed by atoms with Gasteiger partial charge in [0.15, 0.2) is 0 Å². The molecule has 43 heavy (non-hydrogen) atoms. The van der Waals surface area contributed by atoms with Crippen LogP contribution in [-0.4, -0.2) is 22.8 Å². The summed E-state index contributed by atoms with van der Waals surface area (Å²) in [6.45, 7) is 0.333. The summed E-state index contributed by atoms with van der Waals surface area (Å²) in [6, 6.07) is 19.0. The van der Waals surface area contributed by atoms with Crippen molar-refractivity contribution in [2.75, 3.05) is 4.72 Å². The first-order valence-corrected chi connectivity index (χ1v) is 14.9. The summed E-state index contributed by atoms with van der Waals surface area (Å²) < 4.78 is 80.7. The SMILES string of the molecule is N#Cc1cc(S(=O)(=O)Nc2ncns2)ccc1Oc1ccc(-c2cccc(C(F)(F)F)c2)cc1-c1ccnc(CNS)c1. The average Bonchev–Trinajstić information content (AvgIpc) is 3.50. The third-order valence-electron chi connectivity index (χ3n) is 6.08. The molecule has 0 bridgehead atoms.